The highest BCUT2D eigenvalue weighted by atomic mass is 16.6. The second-order valence-electron chi connectivity index (χ2n) is 8.40. The van der Waals surface area contributed by atoms with Gasteiger partial charge in [-0.2, -0.15) is 0 Å². The molecule has 3 saturated carbocycles. The van der Waals surface area contributed by atoms with Gasteiger partial charge in [0.1, 0.15) is 24.6 Å². The largest absolute Gasteiger partial charge is 0.459 e. The monoisotopic (exact) mass is 364 g/mol. The lowest BCUT2D eigenvalue weighted by Crippen LogP contribution is -2.45. The smallest absolute Gasteiger partial charge is 0.310 e. The standard InChI is InChI=1S/C20H28O6/c1-2-3-6-20(7-4-5-8-20)26-19(23)15-12-11-13-14(15)18(22)25-17(13)16(12)24-10-9-21/h9,12-17H,2-8,10-11H2,1H3. The lowest BCUT2D eigenvalue weighted by molar-refractivity contribution is -0.172. The quantitative estimate of drug-likeness (QED) is 0.486. The van der Waals surface area contributed by atoms with Gasteiger partial charge in [0.2, 0.25) is 0 Å². The summed E-state index contributed by atoms with van der Waals surface area (Å²) in [6.07, 6.45) is 7.82. The van der Waals surface area contributed by atoms with E-state index < -0.39 is 11.8 Å². The number of hydrogen-bond acceptors (Lipinski definition) is 6. The van der Waals surface area contributed by atoms with Crippen molar-refractivity contribution in [1.29, 1.82) is 0 Å². The lowest BCUT2D eigenvalue weighted by Gasteiger charge is -2.34. The fourth-order valence-electron chi connectivity index (χ4n) is 5.89. The molecule has 6 nitrogen and oxygen atoms in total. The Kier molecular flexibility index (Phi) is 4.80. The third kappa shape index (κ3) is 2.77. The highest BCUT2D eigenvalue weighted by Crippen LogP contribution is 2.59. The van der Waals surface area contributed by atoms with Crippen LogP contribution >= 0.6 is 0 Å². The Morgan fingerprint density at radius 3 is 2.77 bits per heavy atom. The number of aldehydes is 1. The van der Waals surface area contributed by atoms with Crippen molar-refractivity contribution in [3.63, 3.8) is 0 Å². The van der Waals surface area contributed by atoms with Crippen LogP contribution in [0, 0.1) is 23.7 Å². The number of unbranched alkanes of at least 4 members (excludes halogenated alkanes) is 1. The van der Waals surface area contributed by atoms with E-state index in [1.165, 1.54) is 0 Å². The Balaban J connectivity index is 1.51. The van der Waals surface area contributed by atoms with Gasteiger partial charge in [-0.1, -0.05) is 13.3 Å². The number of fused-ring (bicyclic) bond motifs is 1. The number of carbonyl (C=O) groups excluding carboxylic acids is 3. The van der Waals surface area contributed by atoms with Crippen LogP contribution in [0.3, 0.4) is 0 Å². The number of hydrogen-bond donors (Lipinski definition) is 0. The summed E-state index contributed by atoms with van der Waals surface area (Å²) in [6, 6.07) is 0. The van der Waals surface area contributed by atoms with Crippen molar-refractivity contribution in [2.24, 2.45) is 23.7 Å². The van der Waals surface area contributed by atoms with E-state index in [1.807, 2.05) is 0 Å². The van der Waals surface area contributed by atoms with Crippen LogP contribution < -0.4 is 0 Å². The van der Waals surface area contributed by atoms with Crippen molar-refractivity contribution in [3.8, 4) is 0 Å². The molecule has 0 aromatic carbocycles. The second kappa shape index (κ2) is 6.95. The van der Waals surface area contributed by atoms with Gasteiger partial charge >= 0.3 is 11.9 Å². The zero-order valence-electron chi connectivity index (χ0n) is 15.4. The first-order valence-electron chi connectivity index (χ1n) is 10.1. The van der Waals surface area contributed by atoms with Gasteiger partial charge in [-0.25, -0.2) is 0 Å². The van der Waals surface area contributed by atoms with Gasteiger partial charge in [-0.05, 0) is 44.9 Å². The lowest BCUT2D eigenvalue weighted by atomic mass is 9.78. The molecule has 144 valence electrons. The third-order valence-electron chi connectivity index (χ3n) is 6.99. The molecule has 0 aromatic rings. The SMILES string of the molecule is CCCCC1(OC(=O)C2C3CC4C(OC(=O)C42)C3OCC=O)CCCC1. The highest BCUT2D eigenvalue weighted by molar-refractivity contribution is 5.86. The normalized spacial score (nSPS) is 39.2. The first kappa shape index (κ1) is 18.0. The van der Waals surface area contributed by atoms with E-state index in [0.717, 1.165) is 51.4 Å². The second-order valence-corrected chi connectivity index (χ2v) is 8.40. The van der Waals surface area contributed by atoms with E-state index >= 15 is 0 Å². The number of esters is 2. The van der Waals surface area contributed by atoms with Crippen molar-refractivity contribution in [1.82, 2.24) is 0 Å². The van der Waals surface area contributed by atoms with Gasteiger partial charge in [0.25, 0.3) is 0 Å². The average Bonchev–Trinajstić information content (AvgIpc) is 3.35. The summed E-state index contributed by atoms with van der Waals surface area (Å²) in [4.78, 5) is 36.2. The molecule has 3 aliphatic carbocycles. The van der Waals surface area contributed by atoms with E-state index in [4.69, 9.17) is 14.2 Å². The Hall–Kier alpha value is -1.43. The van der Waals surface area contributed by atoms with Gasteiger partial charge in [0.05, 0.1) is 17.9 Å². The summed E-state index contributed by atoms with van der Waals surface area (Å²) in [5.74, 6) is -1.48. The van der Waals surface area contributed by atoms with E-state index in [9.17, 15) is 14.4 Å². The highest BCUT2D eigenvalue weighted by Gasteiger charge is 2.69. The van der Waals surface area contributed by atoms with E-state index in [-0.39, 0.29) is 48.2 Å². The molecule has 6 unspecified atom stereocenters. The van der Waals surface area contributed by atoms with Gasteiger partial charge in [-0.15, -0.1) is 0 Å². The maximum atomic E-state index is 13.2. The van der Waals surface area contributed by atoms with Crippen molar-refractivity contribution in [2.45, 2.75) is 76.1 Å². The molecule has 0 radical (unpaired) electrons. The summed E-state index contributed by atoms with van der Waals surface area (Å²) in [6.45, 7) is 2.11. The summed E-state index contributed by atoms with van der Waals surface area (Å²) >= 11 is 0. The van der Waals surface area contributed by atoms with Crippen molar-refractivity contribution < 1.29 is 28.6 Å². The van der Waals surface area contributed by atoms with Crippen LogP contribution in [0.1, 0.15) is 58.3 Å². The molecule has 6 heteroatoms. The number of rotatable bonds is 8. The number of carbonyl (C=O) groups is 3. The van der Waals surface area contributed by atoms with Crippen molar-refractivity contribution in [3.05, 3.63) is 0 Å². The topological polar surface area (TPSA) is 78.9 Å². The first-order valence-corrected chi connectivity index (χ1v) is 10.1. The molecular formula is C20H28O6. The first-order chi connectivity index (χ1) is 12.6. The zero-order chi connectivity index (χ0) is 18.3. The maximum absolute atomic E-state index is 13.2. The molecule has 1 saturated heterocycles. The van der Waals surface area contributed by atoms with Crippen LogP contribution in [0.5, 0.6) is 0 Å². The summed E-state index contributed by atoms with van der Waals surface area (Å²) in [5.41, 5.74) is -0.351. The Morgan fingerprint density at radius 2 is 2.08 bits per heavy atom. The molecule has 4 fully saturated rings. The minimum atomic E-state index is -0.484. The van der Waals surface area contributed by atoms with Crippen molar-refractivity contribution in [2.75, 3.05) is 6.61 Å². The van der Waals surface area contributed by atoms with Gasteiger partial charge in [-0.3, -0.25) is 9.59 Å². The minimum Gasteiger partial charge on any atom is -0.459 e. The minimum absolute atomic E-state index is 0.0249. The summed E-state index contributed by atoms with van der Waals surface area (Å²) < 4.78 is 17.3. The molecule has 1 aliphatic heterocycles. The van der Waals surface area contributed by atoms with E-state index in [0.29, 0.717) is 6.29 Å². The van der Waals surface area contributed by atoms with Crippen LogP contribution in [0.25, 0.3) is 0 Å². The van der Waals surface area contributed by atoms with Crippen LogP contribution in [0.4, 0.5) is 0 Å². The molecule has 0 amide bonds. The Morgan fingerprint density at radius 1 is 1.31 bits per heavy atom. The van der Waals surface area contributed by atoms with E-state index in [2.05, 4.69) is 6.92 Å². The molecular weight excluding hydrogens is 336 g/mol. The van der Waals surface area contributed by atoms with Crippen LogP contribution in [-0.4, -0.2) is 42.6 Å². The molecule has 4 rings (SSSR count). The fraction of sp³-hybridized carbons (Fsp3) is 0.850. The van der Waals surface area contributed by atoms with Crippen LogP contribution in [0.15, 0.2) is 0 Å². The fourth-order valence-corrected chi connectivity index (χ4v) is 5.89. The Bertz CT molecular complexity index is 581. The summed E-state index contributed by atoms with van der Waals surface area (Å²) in [5, 5.41) is 0. The predicted molar refractivity (Wildman–Crippen MR) is 91.1 cm³/mol. The molecule has 4 aliphatic rings. The van der Waals surface area contributed by atoms with Crippen LogP contribution in [-0.2, 0) is 28.6 Å². The number of ether oxygens (including phenoxy) is 3. The molecule has 0 spiro atoms. The van der Waals surface area contributed by atoms with Crippen molar-refractivity contribution >= 4 is 18.2 Å². The molecule has 0 N–H and O–H groups in total. The predicted octanol–water partition coefficient (Wildman–Crippen LogP) is 2.42. The van der Waals surface area contributed by atoms with Gasteiger partial charge < -0.3 is 19.0 Å². The average molecular weight is 364 g/mol. The summed E-state index contributed by atoms with van der Waals surface area (Å²) in [7, 11) is 0. The Labute approximate surface area is 153 Å². The molecule has 0 aromatic heterocycles. The maximum Gasteiger partial charge on any atom is 0.310 e. The molecule has 26 heavy (non-hydrogen) atoms. The van der Waals surface area contributed by atoms with Gasteiger partial charge in [0, 0.05) is 11.8 Å². The van der Waals surface area contributed by atoms with Gasteiger partial charge in [0.15, 0.2) is 0 Å². The zero-order valence-corrected chi connectivity index (χ0v) is 15.4. The molecule has 1 heterocycles. The molecule has 2 bridgehead atoms. The van der Waals surface area contributed by atoms with E-state index in [1.54, 1.807) is 0 Å². The third-order valence-corrected chi connectivity index (χ3v) is 6.99. The molecule has 6 atom stereocenters. The van der Waals surface area contributed by atoms with Crippen LogP contribution in [0.2, 0.25) is 0 Å².